The van der Waals surface area contributed by atoms with E-state index in [-0.39, 0.29) is 11.1 Å². The van der Waals surface area contributed by atoms with Gasteiger partial charge in [-0.05, 0) is 51.9 Å². The van der Waals surface area contributed by atoms with Gasteiger partial charge in [-0.25, -0.2) is 0 Å². The fourth-order valence-corrected chi connectivity index (χ4v) is 2.47. The predicted octanol–water partition coefficient (Wildman–Crippen LogP) is 2.07. The van der Waals surface area contributed by atoms with Gasteiger partial charge in [-0.1, -0.05) is 0 Å². The van der Waals surface area contributed by atoms with Crippen LogP contribution in [0, 0.1) is 5.92 Å². The van der Waals surface area contributed by atoms with E-state index in [9.17, 15) is 0 Å². The Bertz CT molecular complexity index is 194. The highest BCUT2D eigenvalue weighted by Gasteiger charge is 2.42. The summed E-state index contributed by atoms with van der Waals surface area (Å²) in [5, 5.41) is 0. The van der Waals surface area contributed by atoms with Gasteiger partial charge in [0.25, 0.3) is 0 Å². The SMILES string of the molecule is CC1(C)CC(CC2(N)CC2)CCO1. The van der Waals surface area contributed by atoms with Crippen LogP contribution in [0.25, 0.3) is 0 Å². The summed E-state index contributed by atoms with van der Waals surface area (Å²) < 4.78 is 5.69. The summed E-state index contributed by atoms with van der Waals surface area (Å²) in [6.07, 6.45) is 6.10. The molecule has 2 N–H and O–H groups in total. The fraction of sp³-hybridized carbons (Fsp3) is 1.00. The van der Waals surface area contributed by atoms with Gasteiger partial charge in [0.1, 0.15) is 0 Å². The number of nitrogens with two attached hydrogens (primary N) is 1. The standard InChI is InChI=1S/C11H21NO/c1-10(2)7-9(3-6-13-10)8-11(12)4-5-11/h9H,3-8,12H2,1-2H3. The third kappa shape index (κ3) is 2.44. The molecule has 76 valence electrons. The van der Waals surface area contributed by atoms with Gasteiger partial charge in [0.15, 0.2) is 0 Å². The van der Waals surface area contributed by atoms with Crippen molar-refractivity contribution in [3.63, 3.8) is 0 Å². The van der Waals surface area contributed by atoms with Crippen molar-refractivity contribution >= 4 is 0 Å². The summed E-state index contributed by atoms with van der Waals surface area (Å²) in [6.45, 7) is 5.30. The minimum atomic E-state index is 0.0914. The third-order valence-electron chi connectivity index (χ3n) is 3.39. The molecule has 1 aliphatic heterocycles. The van der Waals surface area contributed by atoms with E-state index in [1.807, 2.05) is 0 Å². The largest absolute Gasteiger partial charge is 0.376 e. The van der Waals surface area contributed by atoms with Crippen LogP contribution in [0.1, 0.15) is 46.0 Å². The molecule has 0 aromatic heterocycles. The van der Waals surface area contributed by atoms with Crippen molar-refractivity contribution in [1.29, 1.82) is 0 Å². The van der Waals surface area contributed by atoms with Gasteiger partial charge in [-0.2, -0.15) is 0 Å². The molecule has 1 saturated heterocycles. The first-order valence-corrected chi connectivity index (χ1v) is 5.42. The Hall–Kier alpha value is -0.0800. The molecule has 1 atom stereocenters. The Balaban J connectivity index is 1.86. The molecule has 0 radical (unpaired) electrons. The summed E-state index contributed by atoms with van der Waals surface area (Å²) in [5.74, 6) is 0.802. The van der Waals surface area contributed by atoms with Crippen LogP contribution < -0.4 is 5.73 Å². The van der Waals surface area contributed by atoms with E-state index in [2.05, 4.69) is 13.8 Å². The van der Waals surface area contributed by atoms with Gasteiger partial charge < -0.3 is 10.5 Å². The minimum Gasteiger partial charge on any atom is -0.376 e. The molecule has 1 unspecified atom stereocenters. The van der Waals surface area contributed by atoms with Gasteiger partial charge >= 0.3 is 0 Å². The molecule has 13 heavy (non-hydrogen) atoms. The summed E-state index contributed by atoms with van der Waals surface area (Å²) in [5.41, 5.74) is 6.44. The van der Waals surface area contributed by atoms with Gasteiger partial charge in [0, 0.05) is 12.1 Å². The van der Waals surface area contributed by atoms with E-state index in [0.717, 1.165) is 12.5 Å². The average Bonchev–Trinajstić information content (AvgIpc) is 2.65. The van der Waals surface area contributed by atoms with E-state index in [1.54, 1.807) is 0 Å². The second kappa shape index (κ2) is 2.96. The van der Waals surface area contributed by atoms with Crippen LogP contribution >= 0.6 is 0 Å². The molecule has 1 aliphatic carbocycles. The zero-order valence-corrected chi connectivity index (χ0v) is 8.81. The highest BCUT2D eigenvalue weighted by molar-refractivity contribution is 5.00. The summed E-state index contributed by atoms with van der Waals surface area (Å²) >= 11 is 0. The zero-order chi connectivity index (χ0) is 9.53. The number of ether oxygens (including phenoxy) is 1. The smallest absolute Gasteiger partial charge is 0.0629 e. The predicted molar refractivity (Wildman–Crippen MR) is 53.5 cm³/mol. The van der Waals surface area contributed by atoms with Crippen LogP contribution in [0.2, 0.25) is 0 Å². The first-order valence-electron chi connectivity index (χ1n) is 5.42. The Labute approximate surface area is 80.8 Å². The van der Waals surface area contributed by atoms with Gasteiger partial charge in [0.05, 0.1) is 5.60 Å². The van der Waals surface area contributed by atoms with Crippen molar-refractivity contribution in [3.8, 4) is 0 Å². The Morgan fingerprint density at radius 3 is 2.62 bits per heavy atom. The molecule has 1 heterocycles. The lowest BCUT2D eigenvalue weighted by Crippen LogP contribution is -2.37. The van der Waals surface area contributed by atoms with Gasteiger partial charge in [0.2, 0.25) is 0 Å². The highest BCUT2D eigenvalue weighted by atomic mass is 16.5. The number of hydrogen-bond acceptors (Lipinski definition) is 2. The molecule has 2 rings (SSSR count). The minimum absolute atomic E-state index is 0.0914. The monoisotopic (exact) mass is 183 g/mol. The van der Waals surface area contributed by atoms with Crippen molar-refractivity contribution in [2.24, 2.45) is 11.7 Å². The average molecular weight is 183 g/mol. The quantitative estimate of drug-likeness (QED) is 0.711. The second-order valence-corrected chi connectivity index (χ2v) is 5.53. The Kier molecular flexibility index (Phi) is 2.16. The van der Waals surface area contributed by atoms with Crippen LogP contribution in [-0.2, 0) is 4.74 Å². The topological polar surface area (TPSA) is 35.2 Å². The van der Waals surface area contributed by atoms with Crippen LogP contribution in [0.15, 0.2) is 0 Å². The van der Waals surface area contributed by atoms with Crippen LogP contribution in [0.3, 0.4) is 0 Å². The molecule has 0 aromatic rings. The Morgan fingerprint density at radius 1 is 1.38 bits per heavy atom. The van der Waals surface area contributed by atoms with Crippen molar-refractivity contribution in [3.05, 3.63) is 0 Å². The summed E-state index contributed by atoms with van der Waals surface area (Å²) in [6, 6.07) is 0. The number of rotatable bonds is 2. The highest BCUT2D eigenvalue weighted by Crippen LogP contribution is 2.42. The zero-order valence-electron chi connectivity index (χ0n) is 8.81. The van der Waals surface area contributed by atoms with E-state index < -0.39 is 0 Å². The van der Waals surface area contributed by atoms with Crippen molar-refractivity contribution in [2.75, 3.05) is 6.61 Å². The van der Waals surface area contributed by atoms with E-state index in [4.69, 9.17) is 10.5 Å². The van der Waals surface area contributed by atoms with E-state index in [0.29, 0.717) is 0 Å². The molecular weight excluding hydrogens is 162 g/mol. The maximum Gasteiger partial charge on any atom is 0.0629 e. The molecule has 2 aliphatic rings. The molecule has 2 nitrogen and oxygen atoms in total. The molecule has 0 spiro atoms. The second-order valence-electron chi connectivity index (χ2n) is 5.53. The lowest BCUT2D eigenvalue weighted by molar-refractivity contribution is -0.0747. The summed E-state index contributed by atoms with van der Waals surface area (Å²) in [4.78, 5) is 0. The normalized spacial score (nSPS) is 35.8. The van der Waals surface area contributed by atoms with E-state index >= 15 is 0 Å². The van der Waals surface area contributed by atoms with Gasteiger partial charge in [-0.3, -0.25) is 0 Å². The first-order chi connectivity index (χ1) is 5.99. The molecular formula is C11H21NO. The lowest BCUT2D eigenvalue weighted by atomic mass is 9.84. The molecule has 0 amide bonds. The molecule has 0 bridgehead atoms. The fourth-order valence-electron chi connectivity index (χ4n) is 2.47. The van der Waals surface area contributed by atoms with Crippen LogP contribution in [0.4, 0.5) is 0 Å². The van der Waals surface area contributed by atoms with Crippen LogP contribution in [0.5, 0.6) is 0 Å². The summed E-state index contributed by atoms with van der Waals surface area (Å²) in [7, 11) is 0. The van der Waals surface area contributed by atoms with Crippen molar-refractivity contribution < 1.29 is 4.74 Å². The number of hydrogen-bond donors (Lipinski definition) is 1. The maximum absolute atomic E-state index is 6.13. The third-order valence-corrected chi connectivity index (χ3v) is 3.39. The lowest BCUT2D eigenvalue weighted by Gasteiger charge is -2.36. The van der Waals surface area contributed by atoms with E-state index in [1.165, 1.54) is 32.1 Å². The van der Waals surface area contributed by atoms with Crippen molar-refractivity contribution in [1.82, 2.24) is 0 Å². The molecule has 2 fully saturated rings. The maximum atomic E-state index is 6.13. The Morgan fingerprint density at radius 2 is 2.08 bits per heavy atom. The molecule has 2 heteroatoms. The van der Waals surface area contributed by atoms with Crippen molar-refractivity contribution in [2.45, 2.75) is 57.1 Å². The molecule has 0 aromatic carbocycles. The van der Waals surface area contributed by atoms with Gasteiger partial charge in [-0.15, -0.1) is 0 Å². The first kappa shape index (κ1) is 9.47. The van der Waals surface area contributed by atoms with Crippen LogP contribution in [-0.4, -0.2) is 17.7 Å². The molecule has 1 saturated carbocycles.